The summed E-state index contributed by atoms with van der Waals surface area (Å²) < 4.78 is 4.98. The zero-order valence-electron chi connectivity index (χ0n) is 10.0. The van der Waals surface area contributed by atoms with Gasteiger partial charge >= 0.3 is 0 Å². The van der Waals surface area contributed by atoms with Gasteiger partial charge in [-0.05, 0) is 25.1 Å². The summed E-state index contributed by atoms with van der Waals surface area (Å²) in [7, 11) is 3.29. The topological polar surface area (TPSA) is 81.6 Å². The van der Waals surface area contributed by atoms with Gasteiger partial charge in [-0.25, -0.2) is 0 Å². The summed E-state index contributed by atoms with van der Waals surface area (Å²) >= 11 is 0. The Labute approximate surface area is 100 Å². The molecule has 0 aliphatic heterocycles. The smallest absolute Gasteiger partial charge is 0.296 e. The first-order valence-electron chi connectivity index (χ1n) is 5.33. The van der Waals surface area contributed by atoms with Crippen molar-refractivity contribution in [2.24, 2.45) is 5.73 Å². The number of ether oxygens (including phenoxy) is 1. The Morgan fingerprint density at radius 2 is 2.24 bits per heavy atom. The van der Waals surface area contributed by atoms with Crippen molar-refractivity contribution < 1.29 is 9.66 Å². The van der Waals surface area contributed by atoms with Crippen LogP contribution >= 0.6 is 0 Å². The average molecular weight is 239 g/mol. The van der Waals surface area contributed by atoms with Crippen LogP contribution in [-0.2, 0) is 0 Å². The average Bonchev–Trinajstić information content (AvgIpc) is 2.35. The first kappa shape index (κ1) is 13.2. The third-order valence-electron chi connectivity index (χ3n) is 2.49. The highest BCUT2D eigenvalue weighted by molar-refractivity contribution is 5.65. The summed E-state index contributed by atoms with van der Waals surface area (Å²) in [4.78, 5) is 12.4. The first-order chi connectivity index (χ1) is 8.10. The first-order valence-corrected chi connectivity index (χ1v) is 5.33. The Balaban J connectivity index is 3.01. The number of hydrogen-bond donors (Lipinski definition) is 1. The molecule has 2 N–H and O–H groups in total. The summed E-state index contributed by atoms with van der Waals surface area (Å²) in [5, 5.41) is 11.0. The van der Waals surface area contributed by atoms with E-state index in [9.17, 15) is 10.1 Å². The third kappa shape index (κ3) is 3.32. The van der Waals surface area contributed by atoms with E-state index in [0.29, 0.717) is 24.5 Å². The van der Waals surface area contributed by atoms with Gasteiger partial charge in [0.25, 0.3) is 5.69 Å². The molecule has 0 heterocycles. The number of anilines is 1. The van der Waals surface area contributed by atoms with Crippen molar-refractivity contribution in [3.63, 3.8) is 0 Å². The van der Waals surface area contributed by atoms with Crippen molar-refractivity contribution >= 4 is 11.4 Å². The van der Waals surface area contributed by atoms with E-state index in [1.807, 2.05) is 11.9 Å². The summed E-state index contributed by atoms with van der Waals surface area (Å²) in [6.45, 7) is 1.25. The van der Waals surface area contributed by atoms with E-state index in [2.05, 4.69) is 0 Å². The largest absolute Gasteiger partial charge is 0.496 e. The van der Waals surface area contributed by atoms with Crippen LogP contribution in [0.4, 0.5) is 11.4 Å². The minimum atomic E-state index is -0.406. The lowest BCUT2D eigenvalue weighted by molar-refractivity contribution is -0.384. The third-order valence-corrected chi connectivity index (χ3v) is 2.49. The van der Waals surface area contributed by atoms with Gasteiger partial charge in [0, 0.05) is 13.6 Å². The van der Waals surface area contributed by atoms with E-state index >= 15 is 0 Å². The molecule has 0 aromatic heterocycles. The number of benzene rings is 1. The highest BCUT2D eigenvalue weighted by Crippen LogP contribution is 2.31. The monoisotopic (exact) mass is 239 g/mol. The predicted molar refractivity (Wildman–Crippen MR) is 66.6 cm³/mol. The van der Waals surface area contributed by atoms with Gasteiger partial charge in [-0.2, -0.15) is 0 Å². The second-order valence-electron chi connectivity index (χ2n) is 3.68. The van der Waals surface area contributed by atoms with Gasteiger partial charge in [0.05, 0.1) is 18.1 Å². The lowest BCUT2D eigenvalue weighted by atomic mass is 10.2. The molecule has 0 atom stereocenters. The Kier molecular flexibility index (Phi) is 4.71. The zero-order chi connectivity index (χ0) is 12.8. The molecule has 1 aromatic rings. The molecule has 0 bridgehead atoms. The number of nitrogens with two attached hydrogens (primary N) is 1. The van der Waals surface area contributed by atoms with E-state index in [-0.39, 0.29) is 5.69 Å². The quantitative estimate of drug-likeness (QED) is 0.599. The predicted octanol–water partition coefficient (Wildman–Crippen LogP) is 1.39. The van der Waals surface area contributed by atoms with Crippen LogP contribution in [0, 0.1) is 10.1 Å². The highest BCUT2D eigenvalue weighted by Gasteiger charge is 2.17. The maximum absolute atomic E-state index is 11.0. The molecule has 94 valence electrons. The van der Waals surface area contributed by atoms with Crippen molar-refractivity contribution in [1.29, 1.82) is 0 Å². The van der Waals surface area contributed by atoms with E-state index in [0.717, 1.165) is 6.42 Å². The molecule has 0 unspecified atom stereocenters. The lowest BCUT2D eigenvalue weighted by Gasteiger charge is -2.18. The molecule has 0 fully saturated rings. The molecule has 6 nitrogen and oxygen atoms in total. The van der Waals surface area contributed by atoms with Crippen molar-refractivity contribution in [2.45, 2.75) is 6.42 Å². The van der Waals surface area contributed by atoms with Crippen molar-refractivity contribution in [3.05, 3.63) is 28.3 Å². The number of nitro benzene ring substituents is 1. The minimum Gasteiger partial charge on any atom is -0.496 e. The summed E-state index contributed by atoms with van der Waals surface area (Å²) in [6.07, 6.45) is 0.791. The summed E-state index contributed by atoms with van der Waals surface area (Å²) in [5.41, 5.74) is 6.04. The Bertz CT molecular complexity index is 396. The van der Waals surface area contributed by atoms with Crippen LogP contribution in [0.3, 0.4) is 0 Å². The zero-order valence-corrected chi connectivity index (χ0v) is 10.0. The Hall–Kier alpha value is -1.82. The fraction of sp³-hybridized carbons (Fsp3) is 0.455. The molecule has 0 saturated carbocycles. The molecule has 17 heavy (non-hydrogen) atoms. The van der Waals surface area contributed by atoms with Gasteiger partial charge in [0.15, 0.2) is 0 Å². The fourth-order valence-electron chi connectivity index (χ4n) is 1.55. The van der Waals surface area contributed by atoms with Crippen LogP contribution in [-0.4, -0.2) is 32.2 Å². The van der Waals surface area contributed by atoms with Gasteiger partial charge in [-0.3, -0.25) is 10.1 Å². The molecule has 0 aliphatic carbocycles. The van der Waals surface area contributed by atoms with Gasteiger partial charge < -0.3 is 15.4 Å². The molecule has 0 radical (unpaired) electrons. The molecule has 1 rings (SSSR count). The van der Waals surface area contributed by atoms with Crippen LogP contribution in [0.5, 0.6) is 5.75 Å². The standard InChI is InChI=1S/C11H17N3O3/c1-13(7-3-6-12)10-5-4-9(17-2)8-11(10)14(15)16/h4-5,8H,3,6-7,12H2,1-2H3. The molecule has 6 heteroatoms. The van der Waals surface area contributed by atoms with Gasteiger partial charge in [-0.1, -0.05) is 0 Å². The van der Waals surface area contributed by atoms with Crippen LogP contribution < -0.4 is 15.4 Å². The number of nitrogens with zero attached hydrogens (tertiary/aromatic N) is 2. The number of nitro groups is 1. The van der Waals surface area contributed by atoms with Crippen LogP contribution in [0.1, 0.15) is 6.42 Å². The summed E-state index contributed by atoms with van der Waals surface area (Å²) in [6, 6.07) is 4.82. The second-order valence-corrected chi connectivity index (χ2v) is 3.68. The fourth-order valence-corrected chi connectivity index (χ4v) is 1.55. The molecule has 1 aromatic carbocycles. The van der Waals surface area contributed by atoms with E-state index < -0.39 is 4.92 Å². The molecule has 0 spiro atoms. The van der Waals surface area contributed by atoms with Gasteiger partial charge in [-0.15, -0.1) is 0 Å². The maximum Gasteiger partial charge on any atom is 0.296 e. The highest BCUT2D eigenvalue weighted by atomic mass is 16.6. The second kappa shape index (κ2) is 6.05. The summed E-state index contributed by atoms with van der Waals surface area (Å²) in [5.74, 6) is 0.479. The van der Waals surface area contributed by atoms with E-state index in [1.54, 1.807) is 12.1 Å². The SMILES string of the molecule is COc1ccc(N(C)CCCN)c([N+](=O)[O-])c1. The molecular formula is C11H17N3O3. The number of methoxy groups -OCH3 is 1. The maximum atomic E-state index is 11.0. The molecular weight excluding hydrogens is 222 g/mol. The normalized spacial score (nSPS) is 10.1. The van der Waals surface area contributed by atoms with Crippen LogP contribution in [0.2, 0.25) is 0 Å². The molecule has 0 saturated heterocycles. The Morgan fingerprint density at radius 1 is 1.53 bits per heavy atom. The van der Waals surface area contributed by atoms with E-state index in [4.69, 9.17) is 10.5 Å². The van der Waals surface area contributed by atoms with Gasteiger partial charge in [0.1, 0.15) is 11.4 Å². The van der Waals surface area contributed by atoms with Crippen molar-refractivity contribution in [2.75, 3.05) is 32.1 Å². The molecule has 0 amide bonds. The van der Waals surface area contributed by atoms with Crippen molar-refractivity contribution in [1.82, 2.24) is 0 Å². The number of rotatable bonds is 6. The van der Waals surface area contributed by atoms with Crippen molar-refractivity contribution in [3.8, 4) is 5.75 Å². The number of hydrogen-bond acceptors (Lipinski definition) is 5. The van der Waals surface area contributed by atoms with Gasteiger partial charge in [0.2, 0.25) is 0 Å². The van der Waals surface area contributed by atoms with Crippen LogP contribution in [0.25, 0.3) is 0 Å². The van der Waals surface area contributed by atoms with Crippen LogP contribution in [0.15, 0.2) is 18.2 Å². The minimum absolute atomic E-state index is 0.0453. The Morgan fingerprint density at radius 3 is 2.76 bits per heavy atom. The molecule has 0 aliphatic rings. The van der Waals surface area contributed by atoms with E-state index in [1.165, 1.54) is 13.2 Å². The lowest BCUT2D eigenvalue weighted by Crippen LogP contribution is -2.21.